The molecule has 1 aliphatic rings. The summed E-state index contributed by atoms with van der Waals surface area (Å²) in [6, 6.07) is 0. The van der Waals surface area contributed by atoms with E-state index in [1.165, 1.54) is 6.33 Å². The number of aryl methyl sites for hydroxylation is 1. The van der Waals surface area contributed by atoms with Crippen LogP contribution in [0.3, 0.4) is 0 Å². The van der Waals surface area contributed by atoms with E-state index in [0.29, 0.717) is 29.1 Å². The van der Waals surface area contributed by atoms with Gasteiger partial charge in [0.05, 0.1) is 19.2 Å². The van der Waals surface area contributed by atoms with Crippen LogP contribution in [0.1, 0.15) is 18.1 Å². The molecule has 0 atom stereocenters. The zero-order valence-corrected chi connectivity index (χ0v) is 13.1. The van der Waals surface area contributed by atoms with Crippen LogP contribution in [0, 0.1) is 6.92 Å². The van der Waals surface area contributed by atoms with Gasteiger partial charge in [-0.2, -0.15) is 18.2 Å². The van der Waals surface area contributed by atoms with E-state index in [9.17, 15) is 13.2 Å². The van der Waals surface area contributed by atoms with Crippen molar-refractivity contribution in [1.29, 1.82) is 0 Å². The molecular formula is C14H13F3N8. The molecule has 4 rings (SSSR count). The van der Waals surface area contributed by atoms with Crippen LogP contribution in [-0.4, -0.2) is 47.0 Å². The maximum absolute atomic E-state index is 12.7. The molecule has 0 amide bonds. The number of halogens is 3. The predicted octanol–water partition coefficient (Wildman–Crippen LogP) is 1.82. The van der Waals surface area contributed by atoms with Gasteiger partial charge in [0.25, 0.3) is 0 Å². The average molecular weight is 350 g/mol. The summed E-state index contributed by atoms with van der Waals surface area (Å²) >= 11 is 0. The minimum Gasteiger partial charge on any atom is -0.347 e. The van der Waals surface area contributed by atoms with Gasteiger partial charge in [-0.1, -0.05) is 0 Å². The van der Waals surface area contributed by atoms with Gasteiger partial charge in [-0.05, 0) is 6.92 Å². The monoisotopic (exact) mass is 350 g/mol. The number of hydrogen-bond acceptors (Lipinski definition) is 6. The molecule has 0 bridgehead atoms. The van der Waals surface area contributed by atoms with E-state index in [2.05, 4.69) is 25.1 Å². The summed E-state index contributed by atoms with van der Waals surface area (Å²) in [6.07, 6.45) is 1.15. The number of aromatic nitrogens is 7. The first-order valence-electron chi connectivity index (χ1n) is 7.51. The summed E-state index contributed by atoms with van der Waals surface area (Å²) < 4.78 is 41.4. The van der Waals surface area contributed by atoms with Gasteiger partial charge < -0.3 is 4.90 Å². The summed E-state index contributed by atoms with van der Waals surface area (Å²) in [6.45, 7) is 1.75. The van der Waals surface area contributed by atoms with E-state index in [0.717, 1.165) is 0 Å². The van der Waals surface area contributed by atoms with E-state index in [4.69, 9.17) is 0 Å². The van der Waals surface area contributed by atoms with E-state index in [-0.39, 0.29) is 13.1 Å². The Balaban J connectivity index is 1.79. The first-order valence-corrected chi connectivity index (χ1v) is 7.51. The summed E-state index contributed by atoms with van der Waals surface area (Å²) in [5.74, 6) is 1.94. The Morgan fingerprint density at radius 2 is 2.08 bits per heavy atom. The molecule has 0 saturated carbocycles. The molecule has 8 nitrogen and oxygen atoms in total. The fourth-order valence-corrected chi connectivity index (χ4v) is 2.76. The molecule has 11 heteroatoms. The van der Waals surface area contributed by atoms with Crippen molar-refractivity contribution in [2.75, 3.05) is 11.4 Å². The van der Waals surface area contributed by atoms with Gasteiger partial charge in [-0.15, -0.1) is 10.2 Å². The maximum Gasteiger partial charge on any atom is 0.390 e. The normalized spacial score (nSPS) is 13.7. The SMILES string of the molecule is Cc1nnc2n1-c1cnc(-n3ccnc3)nc1N(CCC(F)(F)F)C2. The highest BCUT2D eigenvalue weighted by atomic mass is 19.4. The molecule has 1 aliphatic heterocycles. The molecule has 4 heterocycles. The van der Waals surface area contributed by atoms with Gasteiger partial charge in [0.2, 0.25) is 5.95 Å². The Bertz CT molecular complexity index is 899. The van der Waals surface area contributed by atoms with Gasteiger partial charge in [0.15, 0.2) is 11.6 Å². The van der Waals surface area contributed by atoms with Crippen LogP contribution < -0.4 is 4.90 Å². The van der Waals surface area contributed by atoms with E-state index < -0.39 is 12.6 Å². The van der Waals surface area contributed by atoms with Crippen molar-refractivity contribution in [2.24, 2.45) is 0 Å². The van der Waals surface area contributed by atoms with Crippen LogP contribution in [0.5, 0.6) is 0 Å². The number of imidazole rings is 1. The zero-order valence-electron chi connectivity index (χ0n) is 13.1. The molecule has 130 valence electrons. The minimum absolute atomic E-state index is 0.199. The average Bonchev–Trinajstić information content (AvgIpc) is 3.21. The lowest BCUT2D eigenvalue weighted by Gasteiger charge is -2.30. The van der Waals surface area contributed by atoms with Crippen LogP contribution in [0.2, 0.25) is 0 Å². The molecule has 25 heavy (non-hydrogen) atoms. The van der Waals surface area contributed by atoms with Crippen molar-refractivity contribution in [3.05, 3.63) is 36.6 Å². The molecule has 0 N–H and O–H groups in total. The molecule has 3 aromatic rings. The van der Waals surface area contributed by atoms with Gasteiger partial charge >= 0.3 is 6.18 Å². The van der Waals surface area contributed by atoms with Crippen LogP contribution in [0.4, 0.5) is 19.0 Å². The number of nitrogens with zero attached hydrogens (tertiary/aromatic N) is 8. The van der Waals surface area contributed by atoms with E-state index >= 15 is 0 Å². The van der Waals surface area contributed by atoms with Crippen molar-refractivity contribution in [3.63, 3.8) is 0 Å². The summed E-state index contributed by atoms with van der Waals surface area (Å²) in [4.78, 5) is 14.2. The zero-order chi connectivity index (χ0) is 17.6. The third-order valence-electron chi connectivity index (χ3n) is 3.90. The Kier molecular flexibility index (Phi) is 3.44. The highest BCUT2D eigenvalue weighted by Gasteiger charge is 2.32. The van der Waals surface area contributed by atoms with Crippen LogP contribution in [-0.2, 0) is 6.54 Å². The van der Waals surface area contributed by atoms with Crippen molar-refractivity contribution < 1.29 is 13.2 Å². The number of rotatable bonds is 3. The predicted molar refractivity (Wildman–Crippen MR) is 80.5 cm³/mol. The lowest BCUT2D eigenvalue weighted by Crippen LogP contribution is -2.34. The van der Waals surface area contributed by atoms with Gasteiger partial charge in [-0.3, -0.25) is 9.13 Å². The largest absolute Gasteiger partial charge is 0.390 e. The van der Waals surface area contributed by atoms with Gasteiger partial charge in [-0.25, -0.2) is 9.97 Å². The Labute approximate surface area is 140 Å². The van der Waals surface area contributed by atoms with E-state index in [1.54, 1.807) is 39.5 Å². The molecule has 0 spiro atoms. The Hall–Kier alpha value is -2.98. The number of anilines is 1. The lowest BCUT2D eigenvalue weighted by atomic mass is 10.2. The summed E-state index contributed by atoms with van der Waals surface area (Å²) in [5.41, 5.74) is 0.565. The second-order valence-corrected chi connectivity index (χ2v) is 5.63. The lowest BCUT2D eigenvalue weighted by molar-refractivity contribution is -0.132. The number of fused-ring (bicyclic) bond motifs is 3. The number of alkyl halides is 3. The molecule has 0 saturated heterocycles. The molecule has 0 radical (unpaired) electrons. The fourth-order valence-electron chi connectivity index (χ4n) is 2.76. The van der Waals surface area contributed by atoms with Gasteiger partial charge in [0.1, 0.15) is 17.8 Å². The van der Waals surface area contributed by atoms with Crippen molar-refractivity contribution in [2.45, 2.75) is 26.1 Å². The second-order valence-electron chi connectivity index (χ2n) is 5.63. The Morgan fingerprint density at radius 1 is 1.24 bits per heavy atom. The maximum atomic E-state index is 12.7. The van der Waals surface area contributed by atoms with Crippen LogP contribution in [0.25, 0.3) is 11.6 Å². The standard InChI is InChI=1S/C14H13F3N8/c1-9-21-22-11-7-23(4-2-14(15,16)17)12-10(25(9)11)6-19-13(20-12)24-5-3-18-8-24/h3,5-6,8H,2,4,7H2,1H3. The molecule has 0 fully saturated rings. The van der Waals surface area contributed by atoms with E-state index in [1.807, 2.05) is 0 Å². The fraction of sp³-hybridized carbons (Fsp3) is 0.357. The first kappa shape index (κ1) is 15.5. The minimum atomic E-state index is -4.25. The highest BCUT2D eigenvalue weighted by molar-refractivity contribution is 5.61. The molecule has 0 aliphatic carbocycles. The molecular weight excluding hydrogens is 337 g/mol. The summed E-state index contributed by atoms with van der Waals surface area (Å²) in [5, 5.41) is 8.05. The summed E-state index contributed by atoms with van der Waals surface area (Å²) in [7, 11) is 0. The van der Waals surface area contributed by atoms with Crippen molar-refractivity contribution in [3.8, 4) is 11.6 Å². The third kappa shape index (κ3) is 2.81. The van der Waals surface area contributed by atoms with Crippen molar-refractivity contribution >= 4 is 5.82 Å². The molecule has 3 aromatic heterocycles. The molecule has 0 unspecified atom stereocenters. The highest BCUT2D eigenvalue weighted by Crippen LogP contribution is 2.32. The Morgan fingerprint density at radius 3 is 2.80 bits per heavy atom. The van der Waals surface area contributed by atoms with Crippen LogP contribution in [0.15, 0.2) is 24.9 Å². The second kappa shape index (κ2) is 5.53. The topological polar surface area (TPSA) is 77.5 Å². The smallest absolute Gasteiger partial charge is 0.347 e. The quantitative estimate of drug-likeness (QED) is 0.717. The molecule has 0 aromatic carbocycles. The van der Waals surface area contributed by atoms with Crippen molar-refractivity contribution in [1.82, 2.24) is 34.3 Å². The van der Waals surface area contributed by atoms with Gasteiger partial charge in [0, 0.05) is 18.9 Å². The number of hydrogen-bond donors (Lipinski definition) is 0. The third-order valence-corrected chi connectivity index (χ3v) is 3.90. The van der Waals surface area contributed by atoms with Crippen LogP contribution >= 0.6 is 0 Å². The first-order chi connectivity index (χ1) is 11.9.